The van der Waals surface area contributed by atoms with Crippen molar-refractivity contribution in [2.45, 2.75) is 51.2 Å². The van der Waals surface area contributed by atoms with Crippen LogP contribution in [-0.4, -0.2) is 45.9 Å². The maximum absolute atomic E-state index is 13.4. The highest BCUT2D eigenvalue weighted by Crippen LogP contribution is 2.41. The lowest BCUT2D eigenvalue weighted by atomic mass is 9.87. The van der Waals surface area contributed by atoms with Gasteiger partial charge in [0.25, 0.3) is 0 Å². The molecule has 0 spiro atoms. The number of carbonyl (C=O) groups excluding carboxylic acids is 2. The smallest absolute Gasteiger partial charge is 0.315 e. The Balaban J connectivity index is 1.85. The Morgan fingerprint density at radius 2 is 2.10 bits per heavy atom. The average Bonchev–Trinajstić information content (AvgIpc) is 3.27. The molecule has 0 unspecified atom stereocenters. The molecule has 0 aliphatic carbocycles. The van der Waals surface area contributed by atoms with Crippen molar-refractivity contribution in [2.24, 2.45) is 0 Å². The summed E-state index contributed by atoms with van der Waals surface area (Å²) in [6.45, 7) is 4.39. The highest BCUT2D eigenvalue weighted by Gasteiger charge is 2.49. The molecule has 6 nitrogen and oxygen atoms in total. The van der Waals surface area contributed by atoms with Gasteiger partial charge in [0.05, 0.1) is 22.3 Å². The molecule has 29 heavy (non-hydrogen) atoms. The molecule has 1 atom stereocenters. The van der Waals surface area contributed by atoms with Gasteiger partial charge in [-0.05, 0) is 51.3 Å². The van der Waals surface area contributed by atoms with Crippen LogP contribution in [0, 0.1) is 6.92 Å². The molecule has 10 heteroatoms. The number of nitrogens with zero attached hydrogens (tertiary/aromatic N) is 3. The van der Waals surface area contributed by atoms with Crippen molar-refractivity contribution in [3.05, 3.63) is 29.7 Å². The van der Waals surface area contributed by atoms with Crippen LogP contribution in [0.5, 0.6) is 0 Å². The zero-order valence-electron chi connectivity index (χ0n) is 16.2. The largest absolute Gasteiger partial charge is 0.399 e. The molecular formula is C19H21F3N4O2S. The summed E-state index contributed by atoms with van der Waals surface area (Å²) in [5, 5.41) is 3.01. The molecular weight excluding hydrogens is 405 g/mol. The first-order valence-corrected chi connectivity index (χ1v) is 9.90. The number of alkyl halides is 3. The van der Waals surface area contributed by atoms with Crippen molar-refractivity contribution in [1.82, 2.24) is 14.9 Å². The van der Waals surface area contributed by atoms with Crippen molar-refractivity contribution < 1.29 is 22.8 Å². The maximum atomic E-state index is 13.4. The van der Waals surface area contributed by atoms with Crippen molar-refractivity contribution >= 4 is 28.8 Å². The summed E-state index contributed by atoms with van der Waals surface area (Å²) in [4.78, 5) is 33.8. The van der Waals surface area contributed by atoms with E-state index in [2.05, 4.69) is 15.3 Å². The van der Waals surface area contributed by atoms with Gasteiger partial charge in [0.15, 0.2) is 5.13 Å². The molecule has 1 N–H and O–H groups in total. The number of nitrogens with one attached hydrogen (secondary N) is 1. The normalized spacial score (nSPS) is 17.4. The summed E-state index contributed by atoms with van der Waals surface area (Å²) in [6, 6.07) is 2.17. The first kappa shape index (κ1) is 21.2. The summed E-state index contributed by atoms with van der Waals surface area (Å²) in [5.41, 5.74) is -1.06. The topological polar surface area (TPSA) is 75.2 Å². The first-order valence-electron chi connectivity index (χ1n) is 9.08. The number of thiazole rings is 1. The molecule has 1 saturated heterocycles. The molecule has 3 heterocycles. The number of carbonyl (C=O) groups is 2. The predicted octanol–water partition coefficient (Wildman–Crippen LogP) is 4.55. The molecule has 1 aliphatic heterocycles. The highest BCUT2D eigenvalue weighted by atomic mass is 32.1. The molecule has 156 valence electrons. The third kappa shape index (κ3) is 4.12. The van der Waals surface area contributed by atoms with Crippen LogP contribution < -0.4 is 5.32 Å². The van der Waals surface area contributed by atoms with Crippen LogP contribution >= 0.6 is 11.3 Å². The summed E-state index contributed by atoms with van der Waals surface area (Å²) in [7, 11) is 0. The molecule has 0 aromatic carbocycles. The number of hydrogen-bond acceptors (Lipinski definition) is 5. The number of aryl methyl sites for hydroxylation is 1. The number of hydrogen-bond donors (Lipinski definition) is 1. The lowest BCUT2D eigenvalue weighted by Crippen LogP contribution is -2.39. The quantitative estimate of drug-likeness (QED) is 0.728. The van der Waals surface area contributed by atoms with E-state index in [9.17, 15) is 22.8 Å². The Morgan fingerprint density at radius 3 is 2.76 bits per heavy atom. The minimum absolute atomic E-state index is 0.0909. The molecule has 1 fully saturated rings. The molecule has 3 rings (SSSR count). The number of aldehydes is 1. The van der Waals surface area contributed by atoms with Gasteiger partial charge in [0.2, 0.25) is 0 Å². The number of rotatable bonds is 4. The molecule has 2 aromatic rings. The Hall–Kier alpha value is -2.49. The first-order chi connectivity index (χ1) is 13.5. The fourth-order valence-corrected chi connectivity index (χ4v) is 4.08. The Morgan fingerprint density at radius 1 is 1.38 bits per heavy atom. The van der Waals surface area contributed by atoms with Gasteiger partial charge in [-0.1, -0.05) is 11.3 Å². The molecule has 2 amide bonds. The van der Waals surface area contributed by atoms with E-state index in [-0.39, 0.29) is 5.69 Å². The van der Waals surface area contributed by atoms with Gasteiger partial charge in [-0.25, -0.2) is 9.78 Å². The van der Waals surface area contributed by atoms with Crippen LogP contribution in [0.1, 0.15) is 38.1 Å². The lowest BCUT2D eigenvalue weighted by molar-refractivity contribution is -0.181. The van der Waals surface area contributed by atoms with E-state index in [1.54, 1.807) is 13.0 Å². The zero-order chi connectivity index (χ0) is 21.4. The van der Waals surface area contributed by atoms with Gasteiger partial charge in [-0.3, -0.25) is 10.3 Å². The fraction of sp³-hybridized carbons (Fsp3) is 0.474. The number of likely N-dealkylation sites (tertiary alicyclic amines) is 1. The van der Waals surface area contributed by atoms with Gasteiger partial charge in [0, 0.05) is 12.7 Å². The Labute approximate surface area is 170 Å². The SMILES string of the molecule is Cc1nc(NC(=O)N2CCC[C@H]2C=O)sc1-c1ccnc(C(C)(C)C(F)(F)F)c1. The van der Waals surface area contributed by atoms with Crippen LogP contribution in [-0.2, 0) is 10.2 Å². The standard InChI is InChI=1S/C19H21F3N4O2S/c1-11-15(12-6-7-23-14(9-12)18(2,3)19(20,21)22)29-16(24-11)25-17(28)26-8-4-5-13(26)10-27/h6-7,9-10,13H,4-5,8H2,1-3H3,(H,24,25,28)/t13-/m0/s1. The number of pyridine rings is 1. The Kier molecular flexibility index (Phi) is 5.66. The van der Waals surface area contributed by atoms with Crippen molar-refractivity contribution in [3.8, 4) is 10.4 Å². The summed E-state index contributed by atoms with van der Waals surface area (Å²) in [5.74, 6) is 0. The van der Waals surface area contributed by atoms with Gasteiger partial charge < -0.3 is 9.69 Å². The van der Waals surface area contributed by atoms with Crippen LogP contribution in [0.25, 0.3) is 10.4 Å². The number of amides is 2. The third-order valence-electron chi connectivity index (χ3n) is 5.10. The van der Waals surface area contributed by atoms with Crippen LogP contribution in [0.15, 0.2) is 18.3 Å². The second-order valence-corrected chi connectivity index (χ2v) is 8.45. The van der Waals surface area contributed by atoms with E-state index < -0.39 is 23.7 Å². The van der Waals surface area contributed by atoms with Crippen LogP contribution in [0.3, 0.4) is 0 Å². The monoisotopic (exact) mass is 426 g/mol. The van der Waals surface area contributed by atoms with Crippen molar-refractivity contribution in [1.29, 1.82) is 0 Å². The van der Waals surface area contributed by atoms with Gasteiger partial charge >= 0.3 is 12.2 Å². The molecule has 0 radical (unpaired) electrons. The van der Waals surface area contributed by atoms with E-state index in [1.165, 1.54) is 28.5 Å². The lowest BCUT2D eigenvalue weighted by Gasteiger charge is -2.27. The summed E-state index contributed by atoms with van der Waals surface area (Å²) in [6.07, 6.45) is -0.951. The minimum Gasteiger partial charge on any atom is -0.315 e. The molecule has 2 aromatic heterocycles. The minimum atomic E-state index is -4.44. The summed E-state index contributed by atoms with van der Waals surface area (Å²) < 4.78 is 40.1. The summed E-state index contributed by atoms with van der Waals surface area (Å²) >= 11 is 1.17. The van der Waals surface area contributed by atoms with Gasteiger partial charge in [-0.15, -0.1) is 0 Å². The van der Waals surface area contributed by atoms with Crippen LogP contribution in [0.4, 0.5) is 23.1 Å². The molecule has 1 aliphatic rings. The van der Waals surface area contributed by atoms with Crippen molar-refractivity contribution in [2.75, 3.05) is 11.9 Å². The Bertz CT molecular complexity index is 926. The number of urea groups is 1. The van der Waals surface area contributed by atoms with E-state index in [1.807, 2.05) is 0 Å². The van der Waals surface area contributed by atoms with E-state index in [0.29, 0.717) is 34.2 Å². The zero-order valence-corrected chi connectivity index (χ0v) is 17.0. The van der Waals surface area contributed by atoms with E-state index in [4.69, 9.17) is 0 Å². The average molecular weight is 426 g/mol. The predicted molar refractivity (Wildman–Crippen MR) is 104 cm³/mol. The van der Waals surface area contributed by atoms with E-state index in [0.717, 1.165) is 26.6 Å². The van der Waals surface area contributed by atoms with E-state index >= 15 is 0 Å². The van der Waals surface area contributed by atoms with Gasteiger partial charge in [0.1, 0.15) is 11.7 Å². The van der Waals surface area contributed by atoms with Crippen molar-refractivity contribution in [3.63, 3.8) is 0 Å². The molecule has 0 saturated carbocycles. The van der Waals surface area contributed by atoms with Crippen LogP contribution in [0.2, 0.25) is 0 Å². The molecule has 0 bridgehead atoms. The van der Waals surface area contributed by atoms with Gasteiger partial charge in [-0.2, -0.15) is 13.2 Å². The number of halogens is 3. The number of anilines is 1. The third-order valence-corrected chi connectivity index (χ3v) is 6.22. The fourth-order valence-electron chi connectivity index (χ4n) is 3.13. The second-order valence-electron chi connectivity index (χ2n) is 7.46. The highest BCUT2D eigenvalue weighted by molar-refractivity contribution is 7.19. The number of aromatic nitrogens is 2. The second kappa shape index (κ2) is 7.74. The maximum Gasteiger partial charge on any atom is 0.399 e.